The third-order valence-electron chi connectivity index (χ3n) is 4.46. The summed E-state index contributed by atoms with van der Waals surface area (Å²) in [5.74, 6) is -0.177. The molecule has 6 nitrogen and oxygen atoms in total. The van der Waals surface area contributed by atoms with Crippen LogP contribution in [0.2, 0.25) is 0 Å². The second kappa shape index (κ2) is 8.40. The molecule has 0 radical (unpaired) electrons. The Morgan fingerprint density at radius 3 is 2.43 bits per heavy atom. The SMILES string of the molecule is CC(=O)NC[C@@H]1[C@H](O)[C@H](O)[C@@H](CO)N1CCCc1ccccc1. The van der Waals surface area contributed by atoms with Gasteiger partial charge in [-0.1, -0.05) is 30.3 Å². The van der Waals surface area contributed by atoms with E-state index in [9.17, 15) is 20.1 Å². The zero-order valence-electron chi connectivity index (χ0n) is 13.4. The molecule has 1 amide bonds. The molecule has 128 valence electrons. The number of likely N-dealkylation sites (tertiary alicyclic amines) is 1. The molecule has 23 heavy (non-hydrogen) atoms. The van der Waals surface area contributed by atoms with Crippen molar-refractivity contribution in [3.05, 3.63) is 35.9 Å². The topological polar surface area (TPSA) is 93.0 Å². The highest BCUT2D eigenvalue weighted by atomic mass is 16.3. The standard InChI is InChI=1S/C17H26N2O4/c1-12(21)18-10-14-16(22)17(23)15(11-20)19(14)9-5-8-13-6-3-2-4-7-13/h2-4,6-7,14-17,20,22-23H,5,8-11H2,1H3,(H,18,21)/t14-,15-,16+,17-/m1/s1. The Labute approximate surface area is 136 Å². The molecule has 0 saturated carbocycles. The van der Waals surface area contributed by atoms with Crippen molar-refractivity contribution in [3.63, 3.8) is 0 Å². The lowest BCUT2D eigenvalue weighted by molar-refractivity contribution is -0.119. The number of aliphatic hydroxyl groups is 3. The van der Waals surface area contributed by atoms with Crippen LogP contribution in [-0.2, 0) is 11.2 Å². The van der Waals surface area contributed by atoms with Gasteiger partial charge in [0.25, 0.3) is 0 Å². The zero-order valence-corrected chi connectivity index (χ0v) is 13.4. The number of hydrogen-bond acceptors (Lipinski definition) is 5. The molecule has 1 heterocycles. The number of hydrogen-bond donors (Lipinski definition) is 4. The van der Waals surface area contributed by atoms with Crippen LogP contribution in [0.15, 0.2) is 30.3 Å². The van der Waals surface area contributed by atoms with E-state index in [2.05, 4.69) is 17.4 Å². The van der Waals surface area contributed by atoms with E-state index in [-0.39, 0.29) is 25.1 Å². The summed E-state index contributed by atoms with van der Waals surface area (Å²) in [6.07, 6.45) is -0.253. The Balaban J connectivity index is 1.97. The van der Waals surface area contributed by atoms with E-state index in [1.54, 1.807) is 0 Å². The Bertz CT molecular complexity index is 497. The highest BCUT2D eigenvalue weighted by Crippen LogP contribution is 2.25. The van der Waals surface area contributed by atoms with Gasteiger partial charge in [0, 0.05) is 13.5 Å². The molecule has 0 aromatic heterocycles. The Hall–Kier alpha value is -1.47. The van der Waals surface area contributed by atoms with Gasteiger partial charge in [-0.2, -0.15) is 0 Å². The van der Waals surface area contributed by atoms with Crippen molar-refractivity contribution < 1.29 is 20.1 Å². The average molecular weight is 322 g/mol. The van der Waals surface area contributed by atoms with Crippen molar-refractivity contribution in [2.24, 2.45) is 0 Å². The van der Waals surface area contributed by atoms with Gasteiger partial charge < -0.3 is 20.6 Å². The smallest absolute Gasteiger partial charge is 0.216 e. The fraction of sp³-hybridized carbons (Fsp3) is 0.588. The third-order valence-corrected chi connectivity index (χ3v) is 4.46. The molecular weight excluding hydrogens is 296 g/mol. The maximum Gasteiger partial charge on any atom is 0.216 e. The van der Waals surface area contributed by atoms with Crippen LogP contribution < -0.4 is 5.32 Å². The molecule has 1 aromatic carbocycles. The summed E-state index contributed by atoms with van der Waals surface area (Å²) >= 11 is 0. The van der Waals surface area contributed by atoms with Crippen LogP contribution in [-0.4, -0.2) is 70.1 Å². The van der Waals surface area contributed by atoms with Gasteiger partial charge in [0.15, 0.2) is 0 Å². The molecule has 4 N–H and O–H groups in total. The van der Waals surface area contributed by atoms with Gasteiger partial charge in [-0.3, -0.25) is 9.69 Å². The van der Waals surface area contributed by atoms with E-state index in [1.165, 1.54) is 12.5 Å². The fourth-order valence-corrected chi connectivity index (χ4v) is 3.23. The molecule has 1 aliphatic rings. The van der Waals surface area contributed by atoms with E-state index in [0.29, 0.717) is 6.54 Å². The number of benzene rings is 1. The molecule has 6 heteroatoms. The van der Waals surface area contributed by atoms with E-state index >= 15 is 0 Å². The molecule has 0 spiro atoms. The second-order valence-corrected chi connectivity index (χ2v) is 6.06. The van der Waals surface area contributed by atoms with E-state index < -0.39 is 18.2 Å². The molecule has 4 atom stereocenters. The molecule has 0 unspecified atom stereocenters. The predicted molar refractivity (Wildman–Crippen MR) is 86.8 cm³/mol. The van der Waals surface area contributed by atoms with Crippen LogP contribution >= 0.6 is 0 Å². The van der Waals surface area contributed by atoms with Crippen molar-refractivity contribution in [1.82, 2.24) is 10.2 Å². The Morgan fingerprint density at radius 2 is 1.83 bits per heavy atom. The molecule has 2 rings (SSSR count). The predicted octanol–water partition coefficient (Wildman–Crippen LogP) is -0.478. The van der Waals surface area contributed by atoms with Crippen LogP contribution in [0.4, 0.5) is 0 Å². The molecule has 1 fully saturated rings. The van der Waals surface area contributed by atoms with Crippen molar-refractivity contribution in [2.75, 3.05) is 19.7 Å². The van der Waals surface area contributed by atoms with Crippen LogP contribution in [0, 0.1) is 0 Å². The van der Waals surface area contributed by atoms with E-state index in [4.69, 9.17) is 0 Å². The minimum Gasteiger partial charge on any atom is -0.395 e. The summed E-state index contributed by atoms with van der Waals surface area (Å²) in [5, 5.41) is 32.5. The van der Waals surface area contributed by atoms with Crippen molar-refractivity contribution in [1.29, 1.82) is 0 Å². The van der Waals surface area contributed by atoms with Crippen LogP contribution in [0.3, 0.4) is 0 Å². The van der Waals surface area contributed by atoms with E-state index in [1.807, 2.05) is 23.1 Å². The lowest BCUT2D eigenvalue weighted by Crippen LogP contribution is -2.47. The lowest BCUT2D eigenvalue weighted by atomic mass is 10.1. The largest absolute Gasteiger partial charge is 0.395 e. The first kappa shape index (κ1) is 17.9. The molecular formula is C17H26N2O4. The normalized spacial score (nSPS) is 28.0. The minimum absolute atomic E-state index is 0.177. The summed E-state index contributed by atoms with van der Waals surface area (Å²) in [6, 6.07) is 9.20. The Kier molecular flexibility index (Phi) is 6.53. The molecule has 1 aromatic rings. The zero-order chi connectivity index (χ0) is 16.8. The maximum absolute atomic E-state index is 11.1. The van der Waals surface area contributed by atoms with Gasteiger partial charge in [-0.25, -0.2) is 0 Å². The molecule has 0 bridgehead atoms. The molecule has 1 saturated heterocycles. The summed E-state index contributed by atoms with van der Waals surface area (Å²) in [6.45, 7) is 2.09. The number of aliphatic hydroxyl groups excluding tert-OH is 3. The number of aryl methyl sites for hydroxylation is 1. The summed E-state index contributed by atoms with van der Waals surface area (Å²) < 4.78 is 0. The van der Waals surface area contributed by atoms with Gasteiger partial charge in [-0.15, -0.1) is 0 Å². The van der Waals surface area contributed by atoms with E-state index in [0.717, 1.165) is 12.8 Å². The number of carbonyl (C=O) groups excluding carboxylic acids is 1. The van der Waals surface area contributed by atoms with Gasteiger partial charge >= 0.3 is 0 Å². The lowest BCUT2D eigenvalue weighted by Gasteiger charge is -2.29. The van der Waals surface area contributed by atoms with Crippen molar-refractivity contribution >= 4 is 5.91 Å². The van der Waals surface area contributed by atoms with Crippen molar-refractivity contribution in [2.45, 2.75) is 44.1 Å². The third kappa shape index (κ3) is 4.51. The maximum atomic E-state index is 11.1. The van der Waals surface area contributed by atoms with Gasteiger partial charge in [0.05, 0.1) is 30.9 Å². The quantitative estimate of drug-likeness (QED) is 0.544. The van der Waals surface area contributed by atoms with Gasteiger partial charge in [0.1, 0.15) is 0 Å². The van der Waals surface area contributed by atoms with Gasteiger partial charge in [-0.05, 0) is 24.9 Å². The first-order valence-corrected chi connectivity index (χ1v) is 8.05. The van der Waals surface area contributed by atoms with Gasteiger partial charge in [0.2, 0.25) is 5.91 Å². The summed E-state index contributed by atoms with van der Waals surface area (Å²) in [4.78, 5) is 13.0. The molecule has 0 aliphatic carbocycles. The summed E-state index contributed by atoms with van der Waals surface area (Å²) in [7, 11) is 0. The van der Waals surface area contributed by atoms with Crippen LogP contribution in [0.5, 0.6) is 0 Å². The first-order chi connectivity index (χ1) is 11.0. The first-order valence-electron chi connectivity index (χ1n) is 8.05. The average Bonchev–Trinajstić information content (AvgIpc) is 2.77. The van der Waals surface area contributed by atoms with Crippen LogP contribution in [0.1, 0.15) is 18.9 Å². The monoisotopic (exact) mass is 322 g/mol. The number of carbonyl (C=O) groups is 1. The van der Waals surface area contributed by atoms with Crippen LogP contribution in [0.25, 0.3) is 0 Å². The number of nitrogens with one attached hydrogen (secondary N) is 1. The molecule has 1 aliphatic heterocycles. The number of rotatable bonds is 7. The number of amides is 1. The highest BCUT2D eigenvalue weighted by Gasteiger charge is 2.46. The Morgan fingerprint density at radius 1 is 1.17 bits per heavy atom. The second-order valence-electron chi connectivity index (χ2n) is 6.06. The number of nitrogens with zero attached hydrogens (tertiary/aromatic N) is 1. The highest BCUT2D eigenvalue weighted by molar-refractivity contribution is 5.72. The van der Waals surface area contributed by atoms with Crippen molar-refractivity contribution in [3.8, 4) is 0 Å². The fourth-order valence-electron chi connectivity index (χ4n) is 3.23. The summed E-state index contributed by atoms with van der Waals surface area (Å²) in [5.41, 5.74) is 1.23. The minimum atomic E-state index is -1.00.